The van der Waals surface area contributed by atoms with Crippen molar-refractivity contribution in [3.63, 3.8) is 0 Å². The summed E-state index contributed by atoms with van der Waals surface area (Å²) in [6, 6.07) is 18.4. The Morgan fingerprint density at radius 1 is 1.00 bits per heavy atom. The van der Waals surface area contributed by atoms with Gasteiger partial charge >= 0.3 is 0 Å². The van der Waals surface area contributed by atoms with Gasteiger partial charge in [-0.1, -0.05) is 48.0 Å². The molecule has 0 amide bonds. The van der Waals surface area contributed by atoms with Gasteiger partial charge in [0, 0.05) is 34.6 Å². The number of halogens is 2. The maximum Gasteiger partial charge on any atom is 0.177 e. The first kappa shape index (κ1) is 21.0. The van der Waals surface area contributed by atoms with E-state index < -0.39 is 0 Å². The fraction of sp³-hybridized carbons (Fsp3) is 0.136. The van der Waals surface area contributed by atoms with Crippen LogP contribution in [0.3, 0.4) is 0 Å². The van der Waals surface area contributed by atoms with Gasteiger partial charge in [0.2, 0.25) is 0 Å². The minimum absolute atomic E-state index is 0.219. The Morgan fingerprint density at radius 2 is 1.77 bits per heavy atom. The zero-order valence-corrected chi connectivity index (χ0v) is 18.3. The van der Waals surface area contributed by atoms with Crippen LogP contribution in [0.25, 0.3) is 0 Å². The topological polar surface area (TPSA) is 59.7 Å². The molecule has 0 bridgehead atoms. The molecular weight excluding hydrogens is 435 g/mol. The van der Waals surface area contributed by atoms with Gasteiger partial charge in [0.1, 0.15) is 5.82 Å². The Hall–Kier alpha value is -3.23. The molecule has 2 N–H and O–H groups in total. The summed E-state index contributed by atoms with van der Waals surface area (Å²) in [6.45, 7) is 2.89. The number of thiocarbonyl (C=S) groups is 1. The summed E-state index contributed by atoms with van der Waals surface area (Å²) in [5.41, 5.74) is 2.57. The van der Waals surface area contributed by atoms with Crippen molar-refractivity contribution in [2.24, 2.45) is 0 Å². The average molecular weight is 455 g/mol. The van der Waals surface area contributed by atoms with E-state index in [4.69, 9.17) is 23.8 Å². The lowest BCUT2D eigenvalue weighted by atomic mass is 10.2. The molecule has 9 heteroatoms. The monoisotopic (exact) mass is 454 g/mol. The third kappa shape index (κ3) is 5.28. The summed E-state index contributed by atoms with van der Waals surface area (Å²) in [5.74, 6) is 0.810. The van der Waals surface area contributed by atoms with Crippen LogP contribution in [-0.4, -0.2) is 24.7 Å². The van der Waals surface area contributed by atoms with Gasteiger partial charge in [0.15, 0.2) is 16.7 Å². The highest BCUT2D eigenvalue weighted by molar-refractivity contribution is 7.80. The SMILES string of the molecule is Cc1cc(NC(=S)Nc2ccn(Cc3c(F)cccc3Cl)n2)nn1Cc1ccccc1. The molecule has 0 fully saturated rings. The van der Waals surface area contributed by atoms with Crippen molar-refractivity contribution in [2.45, 2.75) is 20.0 Å². The van der Waals surface area contributed by atoms with Crippen molar-refractivity contribution in [1.82, 2.24) is 19.6 Å². The van der Waals surface area contributed by atoms with Gasteiger partial charge in [0.05, 0.1) is 13.1 Å². The standard InChI is InChI=1S/C22H20ClFN6S/c1-15-12-21(28-30(15)13-16-6-3-2-4-7-16)26-22(31)25-20-10-11-29(27-20)14-17-18(23)8-5-9-19(17)24/h2-12H,13-14H2,1H3,(H2,25,26,27,28,31). The van der Waals surface area contributed by atoms with Gasteiger partial charge < -0.3 is 10.6 Å². The van der Waals surface area contributed by atoms with Gasteiger partial charge in [-0.05, 0) is 36.8 Å². The number of hydrogen-bond acceptors (Lipinski definition) is 3. The summed E-state index contributed by atoms with van der Waals surface area (Å²) in [4.78, 5) is 0. The van der Waals surface area contributed by atoms with Crippen LogP contribution in [-0.2, 0) is 13.1 Å². The van der Waals surface area contributed by atoms with Gasteiger partial charge in [-0.15, -0.1) is 0 Å². The number of benzene rings is 2. The van der Waals surface area contributed by atoms with Crippen LogP contribution in [0.2, 0.25) is 5.02 Å². The van der Waals surface area contributed by atoms with Gasteiger partial charge in [0.25, 0.3) is 0 Å². The summed E-state index contributed by atoms with van der Waals surface area (Å²) in [7, 11) is 0. The fourth-order valence-electron chi connectivity index (χ4n) is 3.11. The third-order valence-electron chi connectivity index (χ3n) is 4.66. The maximum atomic E-state index is 14.0. The molecule has 4 rings (SSSR count). The molecule has 0 saturated heterocycles. The van der Waals surface area contributed by atoms with Crippen molar-refractivity contribution in [2.75, 3.05) is 10.6 Å². The van der Waals surface area contributed by atoms with Gasteiger partial charge in [-0.3, -0.25) is 9.36 Å². The Balaban J connectivity index is 1.37. The zero-order valence-electron chi connectivity index (χ0n) is 16.7. The first-order chi connectivity index (χ1) is 15.0. The number of aromatic nitrogens is 4. The highest BCUT2D eigenvalue weighted by Crippen LogP contribution is 2.20. The second-order valence-electron chi connectivity index (χ2n) is 6.99. The summed E-state index contributed by atoms with van der Waals surface area (Å²) < 4.78 is 17.5. The Morgan fingerprint density at radius 3 is 2.55 bits per heavy atom. The third-order valence-corrected chi connectivity index (χ3v) is 5.22. The highest BCUT2D eigenvalue weighted by atomic mass is 35.5. The molecule has 158 valence electrons. The van der Waals surface area contributed by atoms with E-state index in [1.165, 1.54) is 11.6 Å². The normalized spacial score (nSPS) is 10.8. The largest absolute Gasteiger partial charge is 0.316 e. The Labute approximate surface area is 189 Å². The van der Waals surface area contributed by atoms with E-state index >= 15 is 0 Å². The fourth-order valence-corrected chi connectivity index (χ4v) is 3.55. The Bertz CT molecular complexity index is 1180. The van der Waals surface area contributed by atoms with Crippen LogP contribution in [0.4, 0.5) is 16.0 Å². The molecule has 0 radical (unpaired) electrons. The van der Waals surface area contributed by atoms with Gasteiger partial charge in [-0.2, -0.15) is 10.2 Å². The van der Waals surface area contributed by atoms with E-state index in [-0.39, 0.29) is 12.4 Å². The zero-order chi connectivity index (χ0) is 21.8. The van der Waals surface area contributed by atoms with Crippen molar-refractivity contribution in [3.05, 3.63) is 94.5 Å². The second-order valence-corrected chi connectivity index (χ2v) is 7.81. The van der Waals surface area contributed by atoms with Gasteiger partial charge in [-0.25, -0.2) is 4.39 Å². The smallest absolute Gasteiger partial charge is 0.177 e. The van der Waals surface area contributed by atoms with Crippen LogP contribution >= 0.6 is 23.8 Å². The molecule has 0 aliphatic rings. The van der Waals surface area contributed by atoms with Crippen LogP contribution < -0.4 is 10.6 Å². The van der Waals surface area contributed by atoms with E-state index in [1.807, 2.05) is 35.9 Å². The minimum Gasteiger partial charge on any atom is -0.316 e. The summed E-state index contributed by atoms with van der Waals surface area (Å²) in [6.07, 6.45) is 1.73. The van der Waals surface area contributed by atoms with E-state index in [0.29, 0.717) is 33.9 Å². The summed E-state index contributed by atoms with van der Waals surface area (Å²) in [5, 5.41) is 15.8. The van der Waals surface area contributed by atoms with E-state index in [9.17, 15) is 4.39 Å². The number of hydrogen-bond donors (Lipinski definition) is 2. The van der Waals surface area contributed by atoms with Crippen molar-refractivity contribution in [1.29, 1.82) is 0 Å². The molecule has 2 aromatic carbocycles. The Kier molecular flexibility index (Phi) is 6.29. The van der Waals surface area contributed by atoms with Crippen molar-refractivity contribution in [3.8, 4) is 0 Å². The molecule has 31 heavy (non-hydrogen) atoms. The molecule has 2 heterocycles. The van der Waals surface area contributed by atoms with Crippen molar-refractivity contribution < 1.29 is 4.39 Å². The molecule has 0 spiro atoms. The van der Waals surface area contributed by atoms with Crippen LogP contribution in [0.1, 0.15) is 16.8 Å². The lowest BCUT2D eigenvalue weighted by Gasteiger charge is -2.07. The van der Waals surface area contributed by atoms with E-state index in [0.717, 1.165) is 5.69 Å². The second kappa shape index (κ2) is 9.28. The molecule has 6 nitrogen and oxygen atoms in total. The molecule has 0 saturated carbocycles. The number of rotatable bonds is 6. The van der Waals surface area contributed by atoms with E-state index in [1.54, 1.807) is 29.1 Å². The lowest BCUT2D eigenvalue weighted by Crippen LogP contribution is -2.20. The number of aryl methyl sites for hydroxylation is 1. The first-order valence-corrected chi connectivity index (χ1v) is 10.4. The average Bonchev–Trinajstić information content (AvgIpc) is 3.31. The molecule has 0 aliphatic carbocycles. The quantitative estimate of drug-likeness (QED) is 0.397. The number of anilines is 2. The first-order valence-electron chi connectivity index (χ1n) is 9.60. The highest BCUT2D eigenvalue weighted by Gasteiger charge is 2.10. The molecule has 4 aromatic rings. The molecule has 2 aromatic heterocycles. The van der Waals surface area contributed by atoms with E-state index in [2.05, 4.69) is 33.0 Å². The molecule has 0 aliphatic heterocycles. The molecular formula is C22H20ClFN6S. The van der Waals surface area contributed by atoms with Crippen LogP contribution in [0.15, 0.2) is 66.9 Å². The predicted molar refractivity (Wildman–Crippen MR) is 125 cm³/mol. The molecule has 0 unspecified atom stereocenters. The summed E-state index contributed by atoms with van der Waals surface area (Å²) >= 11 is 11.5. The minimum atomic E-state index is -0.365. The van der Waals surface area contributed by atoms with Crippen molar-refractivity contribution >= 4 is 40.6 Å². The maximum absolute atomic E-state index is 14.0. The number of nitrogens with zero attached hydrogens (tertiary/aromatic N) is 4. The van der Waals surface area contributed by atoms with Crippen LogP contribution in [0.5, 0.6) is 0 Å². The van der Waals surface area contributed by atoms with Crippen LogP contribution in [0, 0.1) is 12.7 Å². The molecule has 0 atom stereocenters. The number of nitrogens with one attached hydrogen (secondary N) is 2. The lowest BCUT2D eigenvalue weighted by molar-refractivity contribution is 0.586. The predicted octanol–water partition coefficient (Wildman–Crippen LogP) is 5.09.